The number of nitrogens with zero attached hydrogens (tertiary/aromatic N) is 2. The second kappa shape index (κ2) is 7.99. The summed E-state index contributed by atoms with van der Waals surface area (Å²) in [4.78, 5) is 36.6. The highest BCUT2D eigenvalue weighted by Gasteiger charge is 2.19. The average molecular weight is 369 g/mol. The Bertz CT molecular complexity index is 898. The Morgan fingerprint density at radius 2 is 1.63 bits per heavy atom. The molecule has 0 aliphatic heterocycles. The van der Waals surface area contributed by atoms with Crippen molar-refractivity contribution in [2.45, 2.75) is 27.7 Å². The van der Waals surface area contributed by atoms with E-state index in [0.717, 1.165) is 22.4 Å². The van der Waals surface area contributed by atoms with Crippen LogP contribution in [0.3, 0.4) is 0 Å². The zero-order valence-corrected chi connectivity index (χ0v) is 16.1. The van der Waals surface area contributed by atoms with E-state index >= 15 is 0 Å². The van der Waals surface area contributed by atoms with E-state index in [1.807, 2.05) is 32.9 Å². The van der Waals surface area contributed by atoms with Gasteiger partial charge in [0.2, 0.25) is 5.91 Å². The van der Waals surface area contributed by atoms with Crippen LogP contribution in [0.2, 0.25) is 0 Å². The first kappa shape index (κ1) is 20.1. The molecule has 0 spiro atoms. The summed E-state index contributed by atoms with van der Waals surface area (Å²) in [5.74, 6) is -0.784. The SMILES string of the molecule is Cc1cc(C)c(NC(=O)CN(C)C(=O)c2ccc(C)c([N+](=O)[O-])c2)c(C)c1. The van der Waals surface area contributed by atoms with E-state index in [4.69, 9.17) is 0 Å². The predicted octanol–water partition coefficient (Wildman–Crippen LogP) is 3.54. The topological polar surface area (TPSA) is 92.6 Å². The van der Waals surface area contributed by atoms with Gasteiger partial charge in [-0.15, -0.1) is 0 Å². The Balaban J connectivity index is 2.12. The smallest absolute Gasteiger partial charge is 0.273 e. The highest BCUT2D eigenvalue weighted by atomic mass is 16.6. The molecule has 0 bridgehead atoms. The molecule has 27 heavy (non-hydrogen) atoms. The fourth-order valence-corrected chi connectivity index (χ4v) is 3.00. The van der Waals surface area contributed by atoms with Gasteiger partial charge in [-0.05, 0) is 44.9 Å². The molecule has 0 fully saturated rings. The van der Waals surface area contributed by atoms with Crippen LogP contribution < -0.4 is 5.32 Å². The molecular formula is C20H23N3O4. The molecule has 1 N–H and O–H groups in total. The van der Waals surface area contributed by atoms with Gasteiger partial charge in [-0.1, -0.05) is 23.8 Å². The molecule has 0 heterocycles. The van der Waals surface area contributed by atoms with E-state index in [1.165, 1.54) is 30.1 Å². The lowest BCUT2D eigenvalue weighted by Gasteiger charge is -2.18. The van der Waals surface area contributed by atoms with Gasteiger partial charge in [0.15, 0.2) is 0 Å². The van der Waals surface area contributed by atoms with Crippen molar-refractivity contribution in [1.82, 2.24) is 4.90 Å². The van der Waals surface area contributed by atoms with E-state index in [2.05, 4.69) is 5.32 Å². The molecule has 0 aliphatic rings. The van der Waals surface area contributed by atoms with Gasteiger partial charge in [0.25, 0.3) is 11.6 Å². The van der Waals surface area contributed by atoms with Gasteiger partial charge in [0.1, 0.15) is 0 Å². The van der Waals surface area contributed by atoms with Crippen molar-refractivity contribution in [2.24, 2.45) is 0 Å². The molecule has 0 saturated heterocycles. The molecule has 0 aromatic heterocycles. The van der Waals surface area contributed by atoms with E-state index < -0.39 is 10.8 Å². The fraction of sp³-hybridized carbons (Fsp3) is 0.300. The average Bonchev–Trinajstić information content (AvgIpc) is 2.57. The summed E-state index contributed by atoms with van der Waals surface area (Å²) in [6.07, 6.45) is 0. The summed E-state index contributed by atoms with van der Waals surface area (Å²) in [5, 5.41) is 13.9. The standard InChI is InChI=1S/C20H23N3O4/c1-12-8-14(3)19(15(4)9-12)21-18(24)11-22(5)20(25)16-7-6-13(2)17(10-16)23(26)27/h6-10H,11H2,1-5H3,(H,21,24). The van der Waals surface area contributed by atoms with Crippen LogP contribution in [0.1, 0.15) is 32.6 Å². The third-order valence-electron chi connectivity index (χ3n) is 4.32. The molecule has 0 radical (unpaired) electrons. The Hall–Kier alpha value is -3.22. The highest BCUT2D eigenvalue weighted by molar-refractivity contribution is 6.00. The number of carbonyl (C=O) groups excluding carboxylic acids is 2. The Morgan fingerprint density at radius 3 is 2.19 bits per heavy atom. The number of hydrogen-bond donors (Lipinski definition) is 1. The number of carbonyl (C=O) groups is 2. The normalized spacial score (nSPS) is 10.4. The molecule has 0 atom stereocenters. The minimum Gasteiger partial charge on any atom is -0.332 e. The lowest BCUT2D eigenvalue weighted by atomic mass is 10.1. The predicted molar refractivity (Wildman–Crippen MR) is 104 cm³/mol. The molecule has 7 nitrogen and oxygen atoms in total. The van der Waals surface area contributed by atoms with Crippen molar-refractivity contribution in [3.63, 3.8) is 0 Å². The zero-order valence-electron chi connectivity index (χ0n) is 16.1. The van der Waals surface area contributed by atoms with Crippen LogP contribution in [-0.4, -0.2) is 35.2 Å². The van der Waals surface area contributed by atoms with Crippen LogP contribution in [0.5, 0.6) is 0 Å². The highest BCUT2D eigenvalue weighted by Crippen LogP contribution is 2.22. The van der Waals surface area contributed by atoms with Crippen LogP contribution in [-0.2, 0) is 4.79 Å². The third kappa shape index (κ3) is 4.69. The van der Waals surface area contributed by atoms with Gasteiger partial charge in [-0.25, -0.2) is 0 Å². The van der Waals surface area contributed by atoms with Gasteiger partial charge >= 0.3 is 0 Å². The summed E-state index contributed by atoms with van der Waals surface area (Å²) in [6.45, 7) is 7.26. The fourth-order valence-electron chi connectivity index (χ4n) is 3.00. The maximum Gasteiger partial charge on any atom is 0.273 e. The van der Waals surface area contributed by atoms with Crippen LogP contribution in [0, 0.1) is 37.8 Å². The van der Waals surface area contributed by atoms with Crippen molar-refractivity contribution in [3.8, 4) is 0 Å². The van der Waals surface area contributed by atoms with E-state index in [0.29, 0.717) is 5.56 Å². The van der Waals surface area contributed by atoms with E-state index in [9.17, 15) is 19.7 Å². The van der Waals surface area contributed by atoms with Crippen LogP contribution in [0.15, 0.2) is 30.3 Å². The summed E-state index contributed by atoms with van der Waals surface area (Å²) in [7, 11) is 1.49. The van der Waals surface area contributed by atoms with E-state index in [-0.39, 0.29) is 23.7 Å². The number of rotatable bonds is 5. The molecule has 142 valence electrons. The third-order valence-corrected chi connectivity index (χ3v) is 4.32. The van der Waals surface area contributed by atoms with Crippen molar-refractivity contribution < 1.29 is 14.5 Å². The number of nitrogens with one attached hydrogen (secondary N) is 1. The number of aryl methyl sites for hydroxylation is 4. The number of hydrogen-bond acceptors (Lipinski definition) is 4. The lowest BCUT2D eigenvalue weighted by Crippen LogP contribution is -2.35. The lowest BCUT2D eigenvalue weighted by molar-refractivity contribution is -0.385. The van der Waals surface area contributed by atoms with Gasteiger partial charge in [-0.3, -0.25) is 19.7 Å². The maximum atomic E-state index is 12.5. The molecule has 0 unspecified atom stereocenters. The van der Waals surface area contributed by atoms with Crippen LogP contribution in [0.25, 0.3) is 0 Å². The zero-order chi connectivity index (χ0) is 20.3. The van der Waals surface area contributed by atoms with Crippen LogP contribution in [0.4, 0.5) is 11.4 Å². The Labute approximate surface area is 158 Å². The van der Waals surface area contributed by atoms with Gasteiger partial charge in [0, 0.05) is 29.9 Å². The van der Waals surface area contributed by atoms with Crippen molar-refractivity contribution in [2.75, 3.05) is 18.9 Å². The first-order valence-corrected chi connectivity index (χ1v) is 8.48. The summed E-state index contributed by atoms with van der Waals surface area (Å²) >= 11 is 0. The largest absolute Gasteiger partial charge is 0.332 e. The van der Waals surface area contributed by atoms with Crippen molar-refractivity contribution in [1.29, 1.82) is 0 Å². The minimum absolute atomic E-state index is 0.121. The first-order valence-electron chi connectivity index (χ1n) is 8.48. The number of likely N-dealkylation sites (N-methyl/N-ethyl adjacent to an activating group) is 1. The van der Waals surface area contributed by atoms with Crippen molar-refractivity contribution >= 4 is 23.2 Å². The van der Waals surface area contributed by atoms with Crippen molar-refractivity contribution in [3.05, 3.63) is 68.3 Å². The monoisotopic (exact) mass is 369 g/mol. The van der Waals surface area contributed by atoms with E-state index in [1.54, 1.807) is 6.92 Å². The summed E-state index contributed by atoms with van der Waals surface area (Å²) in [6, 6.07) is 8.23. The number of amides is 2. The molecule has 0 aliphatic carbocycles. The molecule has 0 saturated carbocycles. The molecule has 2 aromatic carbocycles. The van der Waals surface area contributed by atoms with Gasteiger partial charge in [-0.2, -0.15) is 0 Å². The van der Waals surface area contributed by atoms with Gasteiger partial charge in [0.05, 0.1) is 11.5 Å². The number of benzene rings is 2. The Kier molecular flexibility index (Phi) is 5.95. The Morgan fingerprint density at radius 1 is 1.04 bits per heavy atom. The molecule has 2 aromatic rings. The second-order valence-electron chi connectivity index (χ2n) is 6.74. The number of nitro groups is 1. The first-order chi connectivity index (χ1) is 12.6. The number of anilines is 1. The second-order valence-corrected chi connectivity index (χ2v) is 6.74. The molecule has 2 amide bonds. The van der Waals surface area contributed by atoms with Crippen LogP contribution >= 0.6 is 0 Å². The maximum absolute atomic E-state index is 12.5. The summed E-state index contributed by atoms with van der Waals surface area (Å²) < 4.78 is 0. The van der Waals surface area contributed by atoms with Gasteiger partial charge < -0.3 is 10.2 Å². The quantitative estimate of drug-likeness (QED) is 0.644. The molecule has 2 rings (SSSR count). The summed E-state index contributed by atoms with van der Waals surface area (Å²) in [5.41, 5.74) is 4.26. The molecule has 7 heteroatoms. The minimum atomic E-state index is -0.526. The number of nitro benzene ring substituents is 1. The molecular weight excluding hydrogens is 346 g/mol.